The second-order valence-corrected chi connectivity index (χ2v) is 1.27. The van der Waals surface area contributed by atoms with Gasteiger partial charge in [-0.3, -0.25) is 10.9 Å². The lowest BCUT2D eigenvalue weighted by Crippen LogP contribution is -2.55. The van der Waals surface area contributed by atoms with E-state index in [9.17, 15) is 9.59 Å². The van der Waals surface area contributed by atoms with Gasteiger partial charge in [0.1, 0.15) is 0 Å². The van der Waals surface area contributed by atoms with Gasteiger partial charge in [0, 0.05) is 0 Å². The Morgan fingerprint density at radius 3 is 1.60 bits per heavy atom. The number of imide groups is 1. The van der Waals surface area contributed by atoms with E-state index >= 15 is 0 Å². The first-order chi connectivity index (χ1) is 4.63. The third-order valence-corrected chi connectivity index (χ3v) is 0.685. The van der Waals surface area contributed by atoms with Gasteiger partial charge in [0.25, 0.3) is 0 Å². The van der Waals surface area contributed by atoms with Crippen LogP contribution in [0.25, 0.3) is 0 Å². The summed E-state index contributed by atoms with van der Waals surface area (Å²) in [6, 6.07) is -1.91. The van der Waals surface area contributed by atoms with Crippen LogP contribution >= 0.6 is 0 Å². The van der Waals surface area contributed by atoms with Crippen LogP contribution < -0.4 is 28.4 Å². The fourth-order valence-corrected chi connectivity index (χ4v) is 0.231. The van der Waals surface area contributed by atoms with Gasteiger partial charge in [-0.25, -0.2) is 27.1 Å². The highest BCUT2D eigenvalue weighted by molar-refractivity contribution is 5.92. The minimum Gasteiger partial charge on any atom is -0.274 e. The molecule has 0 rings (SSSR count). The van der Waals surface area contributed by atoms with Crippen LogP contribution in [0.1, 0.15) is 0 Å². The number of nitrogens with two attached hydrogens (primary N) is 3. The van der Waals surface area contributed by atoms with E-state index in [2.05, 4.69) is 11.7 Å². The lowest BCUT2D eigenvalue weighted by Gasteiger charge is -2.11. The highest BCUT2D eigenvalue weighted by Crippen LogP contribution is 1.76. The molecule has 8 N–H and O–H groups in total. The molecule has 0 aromatic heterocycles. The van der Waals surface area contributed by atoms with Crippen molar-refractivity contribution in [3.8, 4) is 0 Å². The first kappa shape index (κ1) is 8.62. The molecule has 0 bridgehead atoms. The van der Waals surface area contributed by atoms with Crippen molar-refractivity contribution in [2.24, 2.45) is 17.5 Å². The first-order valence-corrected chi connectivity index (χ1v) is 2.19. The van der Waals surface area contributed by atoms with Gasteiger partial charge in [-0.1, -0.05) is 0 Å². The lowest BCUT2D eigenvalue weighted by atomic mass is 10.9. The van der Waals surface area contributed by atoms with Crippen molar-refractivity contribution >= 4 is 12.1 Å². The molecule has 0 unspecified atom stereocenters. The average molecular weight is 148 g/mol. The first-order valence-electron chi connectivity index (χ1n) is 2.19. The van der Waals surface area contributed by atoms with E-state index in [1.54, 1.807) is 10.9 Å². The molecule has 0 saturated heterocycles. The van der Waals surface area contributed by atoms with Crippen LogP contribution in [0.4, 0.5) is 9.59 Å². The maximum atomic E-state index is 10.4. The van der Waals surface area contributed by atoms with Crippen molar-refractivity contribution in [1.82, 2.24) is 15.9 Å². The van der Waals surface area contributed by atoms with E-state index in [1.165, 1.54) is 0 Å². The van der Waals surface area contributed by atoms with Gasteiger partial charge in [0.2, 0.25) is 0 Å². The summed E-state index contributed by atoms with van der Waals surface area (Å²) < 4.78 is 0. The van der Waals surface area contributed by atoms with E-state index in [-0.39, 0.29) is 5.01 Å². The molecule has 0 aliphatic rings. The Kier molecular flexibility index (Phi) is 3.11. The van der Waals surface area contributed by atoms with Gasteiger partial charge in [-0.15, -0.1) is 0 Å². The summed E-state index contributed by atoms with van der Waals surface area (Å²) in [7, 11) is 0. The maximum Gasteiger partial charge on any atom is 0.354 e. The molecule has 0 aliphatic carbocycles. The van der Waals surface area contributed by atoms with E-state index in [4.69, 9.17) is 5.84 Å². The molecule has 0 aromatic rings. The predicted octanol–water partition coefficient (Wildman–Crippen LogP) is -2.67. The second-order valence-electron chi connectivity index (χ2n) is 1.27. The van der Waals surface area contributed by atoms with Crippen LogP contribution in [0.2, 0.25) is 0 Å². The number of nitrogens with zero attached hydrogens (tertiary/aromatic N) is 1. The van der Waals surface area contributed by atoms with Crippen LogP contribution in [0.5, 0.6) is 0 Å². The molecule has 10 heavy (non-hydrogen) atoms. The number of hydrogen-bond acceptors (Lipinski definition) is 5. The quantitative estimate of drug-likeness (QED) is 0.145. The summed E-state index contributed by atoms with van der Waals surface area (Å²) in [6.07, 6.45) is 0. The van der Waals surface area contributed by atoms with Crippen molar-refractivity contribution in [2.45, 2.75) is 0 Å². The Hall–Kier alpha value is -1.38. The maximum absolute atomic E-state index is 10.4. The highest BCUT2D eigenvalue weighted by Gasteiger charge is 2.13. The summed E-state index contributed by atoms with van der Waals surface area (Å²) in [6.45, 7) is 0. The molecule has 8 nitrogen and oxygen atoms in total. The monoisotopic (exact) mass is 148 g/mol. The van der Waals surface area contributed by atoms with E-state index in [1.807, 2.05) is 0 Å². The smallest absolute Gasteiger partial charge is 0.274 e. The van der Waals surface area contributed by atoms with Gasteiger partial charge >= 0.3 is 12.1 Å². The molecule has 0 radical (unpaired) electrons. The molecule has 4 amide bonds. The van der Waals surface area contributed by atoms with Crippen LogP contribution in [0.15, 0.2) is 0 Å². The van der Waals surface area contributed by atoms with Crippen LogP contribution in [-0.2, 0) is 0 Å². The van der Waals surface area contributed by atoms with Gasteiger partial charge in [0.05, 0.1) is 0 Å². The Morgan fingerprint density at radius 2 is 1.40 bits per heavy atom. The van der Waals surface area contributed by atoms with Crippen molar-refractivity contribution in [1.29, 1.82) is 0 Å². The van der Waals surface area contributed by atoms with Crippen LogP contribution in [-0.4, -0.2) is 17.1 Å². The fourth-order valence-electron chi connectivity index (χ4n) is 0.231. The van der Waals surface area contributed by atoms with Crippen LogP contribution in [0.3, 0.4) is 0 Å². The molecule has 0 aliphatic heterocycles. The van der Waals surface area contributed by atoms with E-state index in [0.717, 1.165) is 0 Å². The predicted molar refractivity (Wildman–Crippen MR) is 31.5 cm³/mol. The molecule has 0 aromatic carbocycles. The number of hydrogen-bond donors (Lipinski definition) is 5. The summed E-state index contributed by atoms with van der Waals surface area (Å²) in [5, 5.41) is 0.194. The minimum absolute atomic E-state index is 0.194. The van der Waals surface area contributed by atoms with Crippen LogP contribution in [0, 0.1) is 0 Å². The number of urea groups is 2. The Bertz CT molecular complexity index is 129. The topological polar surface area (TPSA) is 140 Å². The zero-order valence-corrected chi connectivity index (χ0v) is 5.00. The standard InChI is InChI=1S/C2H8N6O2/c3-6-1(9)8(5)2(10)7-4/h3-5H2,(H,6,9)(H,7,10). The zero-order valence-electron chi connectivity index (χ0n) is 5.00. The highest BCUT2D eigenvalue weighted by atomic mass is 16.2. The van der Waals surface area contributed by atoms with Gasteiger partial charge in [0.15, 0.2) is 0 Å². The molecular weight excluding hydrogens is 140 g/mol. The molecule has 0 fully saturated rings. The second kappa shape index (κ2) is 3.61. The normalized spacial score (nSPS) is 8.30. The summed E-state index contributed by atoms with van der Waals surface area (Å²) >= 11 is 0. The Labute approximate surface area is 56.2 Å². The molecule has 8 heteroatoms. The molecular formula is C2H8N6O2. The van der Waals surface area contributed by atoms with Gasteiger partial charge in [-0.05, 0) is 0 Å². The van der Waals surface area contributed by atoms with Gasteiger partial charge in [-0.2, -0.15) is 5.01 Å². The lowest BCUT2D eigenvalue weighted by molar-refractivity contribution is 0.186. The fraction of sp³-hybridized carbons (Fsp3) is 0. The number of rotatable bonds is 0. The molecule has 0 heterocycles. The number of nitrogens with one attached hydrogen (secondary N) is 2. The summed E-state index contributed by atoms with van der Waals surface area (Å²) in [4.78, 5) is 20.7. The van der Waals surface area contributed by atoms with E-state index < -0.39 is 12.1 Å². The molecule has 58 valence electrons. The SMILES string of the molecule is NNC(=O)N(N)C(=O)NN. The Balaban J connectivity index is 3.94. The zero-order chi connectivity index (χ0) is 8.15. The number of hydrazine groups is 3. The average Bonchev–Trinajstić information content (AvgIpc) is 2.00. The van der Waals surface area contributed by atoms with Crippen molar-refractivity contribution in [2.75, 3.05) is 0 Å². The number of amides is 4. The molecule has 0 spiro atoms. The van der Waals surface area contributed by atoms with E-state index in [0.29, 0.717) is 0 Å². The largest absolute Gasteiger partial charge is 0.354 e. The molecule has 0 atom stereocenters. The Morgan fingerprint density at radius 1 is 1.10 bits per heavy atom. The summed E-state index contributed by atoms with van der Waals surface area (Å²) in [5.74, 6) is 14.1. The van der Waals surface area contributed by atoms with Crippen molar-refractivity contribution < 1.29 is 9.59 Å². The van der Waals surface area contributed by atoms with Crippen molar-refractivity contribution in [3.05, 3.63) is 0 Å². The van der Waals surface area contributed by atoms with Crippen molar-refractivity contribution in [3.63, 3.8) is 0 Å². The minimum atomic E-state index is -0.956. The molecule has 0 saturated carbocycles. The number of carbonyl (C=O) groups excluding carboxylic acids is 2. The third kappa shape index (κ3) is 1.85. The number of carbonyl (C=O) groups is 2. The third-order valence-electron chi connectivity index (χ3n) is 0.685. The van der Waals surface area contributed by atoms with Gasteiger partial charge < -0.3 is 0 Å². The summed E-state index contributed by atoms with van der Waals surface area (Å²) in [5.41, 5.74) is 3.25.